The van der Waals surface area contributed by atoms with Crippen molar-refractivity contribution in [2.45, 2.75) is 0 Å². The van der Waals surface area contributed by atoms with Crippen LogP contribution in [0.15, 0.2) is 48.5 Å². The second-order valence-electron chi connectivity index (χ2n) is 8.65. The van der Waals surface area contributed by atoms with Gasteiger partial charge in [0.25, 0.3) is 12.9 Å². The fourth-order valence-corrected chi connectivity index (χ4v) is 3.42. The molecule has 18 heteroatoms. The van der Waals surface area contributed by atoms with Crippen LogP contribution in [-0.2, 0) is 57.2 Å². The van der Waals surface area contributed by atoms with Crippen molar-refractivity contribution in [1.29, 1.82) is 0 Å². The molecule has 18 nitrogen and oxygen atoms in total. The van der Waals surface area contributed by atoms with E-state index in [1.165, 1.54) is 53.4 Å². The molecule has 2 rings (SSSR count). The molecule has 0 aromatic heterocycles. The third-order valence-corrected chi connectivity index (χ3v) is 5.44. The molecular weight excluding hydrogens is 620 g/mol. The molecule has 0 saturated carbocycles. The summed E-state index contributed by atoms with van der Waals surface area (Å²) >= 11 is 0. The quantitative estimate of drug-likeness (QED) is 0.0587. The highest BCUT2D eigenvalue weighted by Crippen LogP contribution is 2.17. The van der Waals surface area contributed by atoms with E-state index < -0.39 is 75.3 Å². The first-order valence-corrected chi connectivity index (χ1v) is 12.9. The van der Waals surface area contributed by atoms with E-state index in [4.69, 9.17) is 29.2 Å². The summed E-state index contributed by atoms with van der Waals surface area (Å²) in [7, 11) is 0. The number of rotatable bonds is 21. The van der Waals surface area contributed by atoms with E-state index in [9.17, 15) is 38.4 Å². The second kappa shape index (κ2) is 19.2. The van der Waals surface area contributed by atoms with Crippen LogP contribution in [0.5, 0.6) is 0 Å². The molecule has 246 valence electrons. The largest absolute Gasteiger partial charge is 0.480 e. The van der Waals surface area contributed by atoms with Crippen molar-refractivity contribution in [3.63, 3.8) is 0 Å². The van der Waals surface area contributed by atoms with Gasteiger partial charge in [-0.05, 0) is 48.5 Å². The Balaban J connectivity index is 1.69. The molecule has 0 spiro atoms. The Morgan fingerprint density at radius 1 is 0.565 bits per heavy atom. The van der Waals surface area contributed by atoms with Crippen LogP contribution in [0.3, 0.4) is 0 Å². The lowest BCUT2D eigenvalue weighted by molar-refractivity contribution is -0.155. The average molecular weight is 649 g/mol. The molecule has 0 aliphatic carbocycles. The number of hydrogen-bond acceptors (Lipinski definition) is 16. The maximum absolute atomic E-state index is 12.2. The first-order valence-electron chi connectivity index (χ1n) is 12.9. The van der Waals surface area contributed by atoms with E-state index >= 15 is 0 Å². The van der Waals surface area contributed by atoms with E-state index in [1.54, 1.807) is 0 Å². The highest BCUT2D eigenvalue weighted by molar-refractivity contribution is 5.92. The normalized spacial score (nSPS) is 10.0. The number of anilines is 2. The third kappa shape index (κ3) is 13.0. The van der Waals surface area contributed by atoms with Gasteiger partial charge in [0.1, 0.15) is 26.3 Å². The maximum Gasteiger partial charge on any atom is 0.344 e. The number of hydrogen-bond donors (Lipinski definition) is 2. The van der Waals surface area contributed by atoms with Gasteiger partial charge in [-0.2, -0.15) is 0 Å². The van der Waals surface area contributed by atoms with Crippen LogP contribution in [0.2, 0.25) is 0 Å². The smallest absolute Gasteiger partial charge is 0.344 e. The van der Waals surface area contributed by atoms with Gasteiger partial charge < -0.3 is 48.4 Å². The number of nitrogens with zero attached hydrogens (tertiary/aromatic N) is 2. The molecule has 46 heavy (non-hydrogen) atoms. The summed E-state index contributed by atoms with van der Waals surface area (Å²) in [6.07, 6.45) is 0. The van der Waals surface area contributed by atoms with Crippen molar-refractivity contribution in [3.05, 3.63) is 59.7 Å². The average Bonchev–Trinajstić information content (AvgIpc) is 3.04. The van der Waals surface area contributed by atoms with Crippen LogP contribution < -0.4 is 9.80 Å². The zero-order valence-electron chi connectivity index (χ0n) is 23.9. The van der Waals surface area contributed by atoms with Gasteiger partial charge in [0.05, 0.1) is 11.1 Å². The molecule has 0 heterocycles. The van der Waals surface area contributed by atoms with E-state index in [0.29, 0.717) is 5.69 Å². The van der Waals surface area contributed by atoms with Crippen molar-refractivity contribution in [2.75, 3.05) is 62.8 Å². The molecule has 2 aromatic rings. The van der Waals surface area contributed by atoms with Crippen LogP contribution in [-0.4, -0.2) is 112 Å². The summed E-state index contributed by atoms with van der Waals surface area (Å²) in [5.74, 6) is -6.17. The van der Waals surface area contributed by atoms with Crippen LogP contribution in [0.1, 0.15) is 20.7 Å². The van der Waals surface area contributed by atoms with Gasteiger partial charge in [0, 0.05) is 11.4 Å². The number of carbonyl (C=O) groups is 8. The van der Waals surface area contributed by atoms with Gasteiger partial charge in [0.15, 0.2) is 26.7 Å². The number of carboxylic acid groups (broad SMARTS) is 2. The van der Waals surface area contributed by atoms with Crippen molar-refractivity contribution in [3.8, 4) is 0 Å². The Labute approximate surface area is 259 Å². The maximum atomic E-state index is 12.2. The van der Waals surface area contributed by atoms with Crippen molar-refractivity contribution in [2.24, 2.45) is 0 Å². The van der Waals surface area contributed by atoms with Gasteiger partial charge in [-0.15, -0.1) is 0 Å². The third-order valence-electron chi connectivity index (χ3n) is 5.44. The van der Waals surface area contributed by atoms with E-state index in [-0.39, 0.29) is 43.2 Å². The zero-order valence-corrected chi connectivity index (χ0v) is 23.9. The molecule has 0 fully saturated rings. The molecule has 0 aliphatic heterocycles. The minimum atomic E-state index is -1.25. The zero-order chi connectivity index (χ0) is 33.9. The Bertz CT molecular complexity index is 1350. The van der Waals surface area contributed by atoms with Gasteiger partial charge in [-0.3, -0.25) is 19.2 Å². The Morgan fingerprint density at radius 3 is 1.28 bits per heavy atom. The summed E-state index contributed by atoms with van der Waals surface area (Å²) in [5, 5.41) is 17.9. The molecule has 0 amide bonds. The van der Waals surface area contributed by atoms with Gasteiger partial charge >= 0.3 is 35.8 Å². The first-order chi connectivity index (χ1) is 22.0. The van der Waals surface area contributed by atoms with Crippen LogP contribution in [0.4, 0.5) is 11.4 Å². The molecule has 0 saturated heterocycles. The predicted octanol–water partition coefficient (Wildman–Crippen LogP) is -0.170. The lowest BCUT2D eigenvalue weighted by atomic mass is 10.2. The highest BCUT2D eigenvalue weighted by atomic mass is 16.6. The topological polar surface area (TPSA) is 239 Å². The Kier molecular flexibility index (Phi) is 15.0. The molecule has 0 bridgehead atoms. The molecule has 0 radical (unpaired) electrons. The van der Waals surface area contributed by atoms with Crippen molar-refractivity contribution >= 4 is 60.1 Å². The summed E-state index contributed by atoms with van der Waals surface area (Å²) in [4.78, 5) is 93.3. The van der Waals surface area contributed by atoms with Gasteiger partial charge in [-0.25, -0.2) is 19.2 Å². The lowest BCUT2D eigenvalue weighted by Crippen LogP contribution is -2.34. The first kappa shape index (κ1) is 36.0. The van der Waals surface area contributed by atoms with E-state index in [0.717, 1.165) is 4.90 Å². The van der Waals surface area contributed by atoms with Crippen LogP contribution in [0.25, 0.3) is 0 Å². The van der Waals surface area contributed by atoms with Gasteiger partial charge in [-0.1, -0.05) is 0 Å². The number of esters is 4. The van der Waals surface area contributed by atoms with Crippen molar-refractivity contribution < 1.29 is 77.0 Å². The Morgan fingerprint density at radius 2 is 0.935 bits per heavy atom. The fraction of sp³-hybridized carbons (Fsp3) is 0.286. The van der Waals surface area contributed by atoms with Crippen molar-refractivity contribution in [1.82, 2.24) is 0 Å². The molecule has 0 unspecified atom stereocenters. The Hall–Kier alpha value is -6.20. The molecule has 2 N–H and O–H groups in total. The van der Waals surface area contributed by atoms with Crippen LogP contribution in [0, 0.1) is 0 Å². The van der Waals surface area contributed by atoms with Gasteiger partial charge in [0.2, 0.25) is 0 Å². The predicted molar refractivity (Wildman–Crippen MR) is 149 cm³/mol. The highest BCUT2D eigenvalue weighted by Gasteiger charge is 2.17. The summed E-state index contributed by atoms with van der Waals surface area (Å²) in [6.45, 7) is -3.51. The van der Waals surface area contributed by atoms with Crippen LogP contribution >= 0.6 is 0 Å². The number of carbonyl (C=O) groups excluding carboxylic acids is 6. The van der Waals surface area contributed by atoms with E-state index in [1.807, 2.05) is 0 Å². The number of aliphatic carboxylic acids is 2. The number of carboxylic acids is 2. The second-order valence-corrected chi connectivity index (χ2v) is 8.65. The van der Waals surface area contributed by atoms with E-state index in [2.05, 4.69) is 9.47 Å². The minimum Gasteiger partial charge on any atom is -0.480 e. The molecular formula is C28H28N2O16. The molecule has 2 aromatic carbocycles. The number of ether oxygens (including phenoxy) is 6. The molecule has 0 atom stereocenters. The lowest BCUT2D eigenvalue weighted by Gasteiger charge is -2.22. The molecule has 0 aliphatic rings. The summed E-state index contributed by atoms with van der Waals surface area (Å²) in [6, 6.07) is 10.8. The number of benzene rings is 2. The monoisotopic (exact) mass is 648 g/mol. The SMILES string of the molecule is O=COCN(COC=O)c1ccc(C(=O)OCC(=O)OCCOC(=O)COC(=O)c2ccc(N(CC(=O)O)CC(=O)O)cc2)cc1. The standard InChI is InChI=1S/C28H28N2O16/c31-17-41-15-30(16-42-18-32)22-7-3-20(4-8-22)28(40)46-14-26(38)44-10-9-43-25(37)13-45-27(39)19-1-5-21(6-2-19)29(11-23(33)34)12-24(35)36/h1-8,17-18H,9-16H2,(H,33,34)(H,35,36). The summed E-state index contributed by atoms with van der Waals surface area (Å²) in [5.41, 5.74) is 0.742. The minimum absolute atomic E-state index is 0.00285. The fourth-order valence-electron chi connectivity index (χ4n) is 3.42. The summed E-state index contributed by atoms with van der Waals surface area (Å²) < 4.78 is 28.6.